The number of carboxylic acids is 1. The van der Waals surface area contributed by atoms with E-state index in [2.05, 4.69) is 12.1 Å². The van der Waals surface area contributed by atoms with Crippen molar-refractivity contribution in [3.63, 3.8) is 0 Å². The van der Waals surface area contributed by atoms with Crippen LogP contribution in [0.2, 0.25) is 0 Å². The van der Waals surface area contributed by atoms with Crippen molar-refractivity contribution in [3.05, 3.63) is 89.0 Å². The molecule has 3 aromatic rings. The lowest BCUT2D eigenvalue weighted by atomic mass is 9.98. The highest BCUT2D eigenvalue weighted by Crippen LogP contribution is 2.44. The normalized spacial score (nSPS) is 12.3. The summed E-state index contributed by atoms with van der Waals surface area (Å²) < 4.78 is 5.53. The molecule has 0 radical (unpaired) electrons. The number of aromatic carboxylic acids is 1. The molecule has 5 heteroatoms. The van der Waals surface area contributed by atoms with Gasteiger partial charge in [-0.1, -0.05) is 54.6 Å². The Morgan fingerprint density at radius 2 is 1.41 bits per heavy atom. The Kier molecular flexibility index (Phi) is 4.12. The molecular weight excluding hydrogens is 342 g/mol. The molecule has 3 aromatic carbocycles. The lowest BCUT2D eigenvalue weighted by molar-refractivity contribution is 0.0495. The number of fused-ring (bicyclic) bond motifs is 3. The van der Waals surface area contributed by atoms with Crippen LogP contribution in [-0.4, -0.2) is 23.7 Å². The van der Waals surface area contributed by atoms with Crippen LogP contribution in [-0.2, 0) is 4.74 Å². The number of hydrogen-bond donors (Lipinski definition) is 2. The number of carboxylic acid groups (broad SMARTS) is 1. The quantitative estimate of drug-likeness (QED) is 0.544. The van der Waals surface area contributed by atoms with Crippen LogP contribution < -0.4 is 5.73 Å². The number of nitrogens with two attached hydrogens (primary N) is 1. The summed E-state index contributed by atoms with van der Waals surface area (Å²) in [5.74, 6) is -1.87. The van der Waals surface area contributed by atoms with Crippen LogP contribution in [0.4, 0.5) is 5.69 Å². The van der Waals surface area contributed by atoms with E-state index in [0.29, 0.717) is 0 Å². The Bertz CT molecular complexity index is 1010. The monoisotopic (exact) mass is 359 g/mol. The Balaban J connectivity index is 1.60. The SMILES string of the molecule is Nc1c(C(=O)O)cccc1C(=O)OCC1c2ccccc2-c2ccccc21. The molecule has 134 valence electrons. The van der Waals surface area contributed by atoms with Gasteiger partial charge in [0.2, 0.25) is 0 Å². The van der Waals surface area contributed by atoms with E-state index >= 15 is 0 Å². The number of hydrogen-bond acceptors (Lipinski definition) is 4. The molecular formula is C22H17NO4. The standard InChI is InChI=1S/C22H17NO4/c23-20-17(21(24)25)10-5-11-18(20)22(26)27-12-19-15-8-3-1-6-13(15)14-7-2-4-9-16(14)19/h1-11,19H,12,23H2,(H,24,25). The van der Waals surface area contributed by atoms with Crippen LogP contribution in [0.25, 0.3) is 11.1 Å². The predicted molar refractivity (Wildman–Crippen MR) is 102 cm³/mol. The van der Waals surface area contributed by atoms with Crippen molar-refractivity contribution in [2.75, 3.05) is 12.3 Å². The third-order valence-corrected chi connectivity index (χ3v) is 4.90. The van der Waals surface area contributed by atoms with Gasteiger partial charge < -0.3 is 15.6 Å². The number of esters is 1. The van der Waals surface area contributed by atoms with Gasteiger partial charge in [0.25, 0.3) is 0 Å². The fourth-order valence-corrected chi connectivity index (χ4v) is 3.61. The molecule has 0 amide bonds. The number of anilines is 1. The summed E-state index contributed by atoms with van der Waals surface area (Å²) in [7, 11) is 0. The van der Waals surface area contributed by atoms with Gasteiger partial charge in [0.05, 0.1) is 16.8 Å². The van der Waals surface area contributed by atoms with E-state index in [0.717, 1.165) is 22.3 Å². The number of ether oxygens (including phenoxy) is 1. The van der Waals surface area contributed by atoms with Gasteiger partial charge >= 0.3 is 11.9 Å². The number of nitrogen functional groups attached to an aromatic ring is 1. The molecule has 4 rings (SSSR count). The predicted octanol–water partition coefficient (Wildman–Crippen LogP) is 3.94. The number of benzene rings is 3. The fraction of sp³-hybridized carbons (Fsp3) is 0.0909. The lowest BCUT2D eigenvalue weighted by Crippen LogP contribution is -2.15. The minimum Gasteiger partial charge on any atom is -0.478 e. The molecule has 1 aliphatic carbocycles. The van der Waals surface area contributed by atoms with Gasteiger partial charge in [-0.25, -0.2) is 9.59 Å². The lowest BCUT2D eigenvalue weighted by Gasteiger charge is -2.15. The topological polar surface area (TPSA) is 89.6 Å². The molecule has 0 atom stereocenters. The van der Waals surface area contributed by atoms with Crippen molar-refractivity contribution in [1.29, 1.82) is 0 Å². The zero-order valence-corrected chi connectivity index (χ0v) is 14.4. The van der Waals surface area contributed by atoms with E-state index in [4.69, 9.17) is 15.6 Å². The first-order chi connectivity index (χ1) is 13.1. The Hall–Kier alpha value is -3.60. The molecule has 0 saturated heterocycles. The molecule has 0 unspecified atom stereocenters. The molecule has 27 heavy (non-hydrogen) atoms. The minimum atomic E-state index is -1.18. The van der Waals surface area contributed by atoms with E-state index in [9.17, 15) is 9.59 Å². The molecule has 0 aliphatic heterocycles. The Morgan fingerprint density at radius 3 is 2.00 bits per heavy atom. The van der Waals surface area contributed by atoms with Crippen molar-refractivity contribution in [2.24, 2.45) is 0 Å². The smallest absolute Gasteiger partial charge is 0.340 e. The summed E-state index contributed by atoms with van der Waals surface area (Å²) in [6.07, 6.45) is 0. The molecule has 5 nitrogen and oxygen atoms in total. The van der Waals surface area contributed by atoms with Crippen LogP contribution in [0.1, 0.15) is 37.8 Å². The second kappa shape index (κ2) is 6.61. The molecule has 0 saturated carbocycles. The first-order valence-corrected chi connectivity index (χ1v) is 8.55. The highest BCUT2D eigenvalue weighted by Gasteiger charge is 2.29. The Morgan fingerprint density at radius 1 is 0.852 bits per heavy atom. The summed E-state index contributed by atoms with van der Waals surface area (Å²) in [5.41, 5.74) is 10.2. The van der Waals surface area contributed by atoms with Gasteiger partial charge in [0, 0.05) is 5.92 Å². The van der Waals surface area contributed by atoms with Crippen LogP contribution in [0, 0.1) is 0 Å². The van der Waals surface area contributed by atoms with Gasteiger partial charge in [0.15, 0.2) is 0 Å². The zero-order valence-electron chi connectivity index (χ0n) is 14.4. The highest BCUT2D eigenvalue weighted by atomic mass is 16.5. The summed E-state index contributed by atoms with van der Waals surface area (Å²) in [4.78, 5) is 23.7. The Labute approximate surface area is 156 Å². The van der Waals surface area contributed by atoms with E-state index in [1.165, 1.54) is 18.2 Å². The summed E-state index contributed by atoms with van der Waals surface area (Å²) in [5, 5.41) is 9.16. The van der Waals surface area contributed by atoms with E-state index in [1.807, 2.05) is 36.4 Å². The second-order valence-corrected chi connectivity index (χ2v) is 6.40. The average Bonchev–Trinajstić information content (AvgIpc) is 3.00. The van der Waals surface area contributed by atoms with Crippen molar-refractivity contribution < 1.29 is 19.4 Å². The second-order valence-electron chi connectivity index (χ2n) is 6.40. The fourth-order valence-electron chi connectivity index (χ4n) is 3.61. The summed E-state index contributed by atoms with van der Waals surface area (Å²) in [6, 6.07) is 20.4. The molecule has 0 aromatic heterocycles. The maximum atomic E-state index is 12.5. The number of para-hydroxylation sites is 1. The van der Waals surface area contributed by atoms with E-state index < -0.39 is 11.9 Å². The summed E-state index contributed by atoms with van der Waals surface area (Å²) in [6.45, 7) is 0.156. The van der Waals surface area contributed by atoms with Gasteiger partial charge in [-0.3, -0.25) is 0 Å². The number of rotatable bonds is 4. The van der Waals surface area contributed by atoms with E-state index in [1.54, 1.807) is 0 Å². The van der Waals surface area contributed by atoms with Crippen LogP contribution in [0.3, 0.4) is 0 Å². The van der Waals surface area contributed by atoms with Crippen molar-refractivity contribution in [2.45, 2.75) is 5.92 Å². The molecule has 0 heterocycles. The average molecular weight is 359 g/mol. The van der Waals surface area contributed by atoms with Crippen molar-refractivity contribution >= 4 is 17.6 Å². The molecule has 0 spiro atoms. The zero-order chi connectivity index (χ0) is 19.0. The first kappa shape index (κ1) is 16.8. The number of carbonyl (C=O) groups is 2. The van der Waals surface area contributed by atoms with Gasteiger partial charge in [0.1, 0.15) is 6.61 Å². The van der Waals surface area contributed by atoms with Gasteiger partial charge in [-0.2, -0.15) is 0 Å². The molecule has 3 N–H and O–H groups in total. The van der Waals surface area contributed by atoms with Crippen molar-refractivity contribution in [1.82, 2.24) is 0 Å². The molecule has 0 bridgehead atoms. The molecule has 0 fully saturated rings. The minimum absolute atomic E-state index is 0.0643. The molecule has 1 aliphatic rings. The first-order valence-electron chi connectivity index (χ1n) is 8.55. The largest absolute Gasteiger partial charge is 0.478 e. The maximum absolute atomic E-state index is 12.5. The maximum Gasteiger partial charge on any atom is 0.340 e. The van der Waals surface area contributed by atoms with Gasteiger partial charge in [-0.05, 0) is 34.4 Å². The van der Waals surface area contributed by atoms with Crippen molar-refractivity contribution in [3.8, 4) is 11.1 Å². The van der Waals surface area contributed by atoms with Crippen LogP contribution >= 0.6 is 0 Å². The van der Waals surface area contributed by atoms with E-state index in [-0.39, 0.29) is 29.3 Å². The van der Waals surface area contributed by atoms with Crippen LogP contribution in [0.15, 0.2) is 66.7 Å². The third-order valence-electron chi connectivity index (χ3n) is 4.90. The summed E-state index contributed by atoms with van der Waals surface area (Å²) >= 11 is 0. The third kappa shape index (κ3) is 2.83. The highest BCUT2D eigenvalue weighted by molar-refractivity contribution is 6.03. The van der Waals surface area contributed by atoms with Crippen LogP contribution in [0.5, 0.6) is 0 Å². The number of carbonyl (C=O) groups excluding carboxylic acids is 1. The van der Waals surface area contributed by atoms with Gasteiger partial charge in [-0.15, -0.1) is 0 Å².